The van der Waals surface area contributed by atoms with Crippen molar-refractivity contribution < 1.29 is 34.8 Å². The Kier molecular flexibility index (Phi) is 7.16. The number of rotatable bonds is 7. The van der Waals surface area contributed by atoms with E-state index in [1.54, 1.807) is 14.1 Å². The molecule has 0 aromatic heterocycles. The molecule has 248 valence electrons. The number of anilines is 1. The Balaban J connectivity index is 1.26. The van der Waals surface area contributed by atoms with E-state index in [9.17, 15) is 34.8 Å². The first-order chi connectivity index (χ1) is 21.7. The third kappa shape index (κ3) is 4.37. The fourth-order valence-corrected chi connectivity index (χ4v) is 10.8. The van der Waals surface area contributed by atoms with Crippen LogP contribution in [-0.2, 0) is 27.3 Å². The van der Waals surface area contributed by atoms with Gasteiger partial charge in [-0.05, 0) is 106 Å². The summed E-state index contributed by atoms with van der Waals surface area (Å²) >= 11 is 0. The van der Waals surface area contributed by atoms with Gasteiger partial charge >= 0.3 is 0 Å². The van der Waals surface area contributed by atoms with Crippen molar-refractivity contribution in [2.24, 2.45) is 40.7 Å². The minimum Gasteiger partial charge on any atom is -0.508 e. The van der Waals surface area contributed by atoms with Crippen LogP contribution in [-0.4, -0.2) is 89.2 Å². The molecular weight excluding hydrogens is 588 g/mol. The Morgan fingerprint density at radius 3 is 2.15 bits per heavy atom. The Hall–Kier alpha value is -3.41. The molecule has 8 rings (SSSR count). The van der Waals surface area contributed by atoms with Crippen LogP contribution in [0.25, 0.3) is 5.76 Å². The van der Waals surface area contributed by atoms with Crippen LogP contribution >= 0.6 is 0 Å². The normalized spacial score (nSPS) is 36.2. The zero-order chi connectivity index (χ0) is 33.0. The maximum absolute atomic E-state index is 14.2. The number of phenols is 1. The van der Waals surface area contributed by atoms with E-state index in [0.717, 1.165) is 30.0 Å². The van der Waals surface area contributed by atoms with E-state index in [1.807, 2.05) is 25.1 Å². The van der Waals surface area contributed by atoms with Crippen molar-refractivity contribution in [1.82, 2.24) is 10.2 Å². The first-order valence-electron chi connectivity index (χ1n) is 16.6. The van der Waals surface area contributed by atoms with Crippen LogP contribution in [0.1, 0.15) is 61.6 Å². The van der Waals surface area contributed by atoms with Gasteiger partial charge in [0.1, 0.15) is 22.8 Å². The molecule has 11 nitrogen and oxygen atoms in total. The summed E-state index contributed by atoms with van der Waals surface area (Å²) in [5, 5.41) is 50.1. The number of Topliss-reactive ketones (excluding diaryl/α,β-unsaturated/α-hetero) is 2. The van der Waals surface area contributed by atoms with Crippen molar-refractivity contribution in [1.29, 1.82) is 0 Å². The number of amides is 1. The van der Waals surface area contributed by atoms with E-state index in [-0.39, 0.29) is 29.7 Å². The van der Waals surface area contributed by atoms with Gasteiger partial charge in [-0.15, -0.1) is 0 Å². The van der Waals surface area contributed by atoms with Gasteiger partial charge in [0.2, 0.25) is 5.78 Å². The van der Waals surface area contributed by atoms with Gasteiger partial charge in [-0.1, -0.05) is 0 Å². The van der Waals surface area contributed by atoms with Crippen LogP contribution in [0.4, 0.5) is 5.69 Å². The number of aliphatic hydroxyl groups excluding tert-OH is 2. The van der Waals surface area contributed by atoms with Crippen molar-refractivity contribution in [3.63, 3.8) is 0 Å². The quantitative estimate of drug-likeness (QED) is 0.244. The molecule has 1 aromatic carbocycles. The number of nitrogens with zero attached hydrogens (tertiary/aromatic N) is 2. The summed E-state index contributed by atoms with van der Waals surface area (Å²) in [5.74, 6) is -3.91. The molecule has 0 radical (unpaired) electrons. The monoisotopic (exact) mass is 634 g/mol. The minimum absolute atomic E-state index is 0.0633. The molecule has 4 atom stereocenters. The lowest BCUT2D eigenvalue weighted by Gasteiger charge is -2.57. The molecule has 46 heavy (non-hydrogen) atoms. The molecule has 0 heterocycles. The lowest BCUT2D eigenvalue weighted by atomic mass is 9.49. The molecule has 0 saturated heterocycles. The van der Waals surface area contributed by atoms with Gasteiger partial charge in [-0.3, -0.25) is 19.3 Å². The number of aliphatic hydroxyl groups is 3. The fraction of sp³-hybridized carbons (Fsp3) is 0.629. The first kappa shape index (κ1) is 31.2. The Labute approximate surface area is 269 Å². The summed E-state index contributed by atoms with van der Waals surface area (Å²) in [5.41, 5.74) is 4.32. The lowest BCUT2D eigenvalue weighted by molar-refractivity contribution is -0.153. The molecule has 1 amide bonds. The Bertz CT molecular complexity index is 1570. The summed E-state index contributed by atoms with van der Waals surface area (Å²) in [7, 11) is 6.95. The minimum atomic E-state index is -2.65. The standard InChI is InChI=1S/C35H46N4O7/c1-38(2)23-10-20(14-37-15-34-11-16-5-17(12-34)7-18(6-16)13-34)28(40)25-21(23)8-19-9-22-27(39(3)4)30(42)26(33(36)45)32(44)35(22,46)31(43)24(19)29(25)41/h10,16-19,22,27,37,40-41,44,46H,5-9,11-15H2,1-4H3,(H2,36,45)/t16?,17?,18?,19-,22-,27-,34?,35-/m0/s1. The van der Waals surface area contributed by atoms with Gasteiger partial charge in [0.05, 0.1) is 11.6 Å². The molecule has 0 unspecified atom stereocenters. The second kappa shape index (κ2) is 10.6. The number of phenolic OH excluding ortho intramolecular Hbond substituents is 1. The highest BCUT2D eigenvalue weighted by atomic mass is 16.3. The molecule has 0 aliphatic heterocycles. The van der Waals surface area contributed by atoms with Gasteiger partial charge in [0, 0.05) is 49.9 Å². The molecule has 1 aromatic rings. The van der Waals surface area contributed by atoms with Crippen LogP contribution in [0.3, 0.4) is 0 Å². The summed E-state index contributed by atoms with van der Waals surface area (Å²) in [6.45, 7) is 1.25. The number of carbonyl (C=O) groups excluding carboxylic acids is 3. The van der Waals surface area contributed by atoms with E-state index in [1.165, 1.54) is 43.4 Å². The summed E-state index contributed by atoms with van der Waals surface area (Å²) in [4.78, 5) is 43.3. The molecule has 11 heteroatoms. The number of hydrogen-bond acceptors (Lipinski definition) is 10. The highest BCUT2D eigenvalue weighted by Gasteiger charge is 2.64. The van der Waals surface area contributed by atoms with Gasteiger partial charge in [-0.25, -0.2) is 0 Å². The zero-order valence-corrected chi connectivity index (χ0v) is 27.1. The summed E-state index contributed by atoms with van der Waals surface area (Å²) < 4.78 is 0. The first-order valence-corrected chi connectivity index (χ1v) is 16.6. The highest BCUT2D eigenvalue weighted by Crippen LogP contribution is 2.60. The molecule has 7 aliphatic carbocycles. The van der Waals surface area contributed by atoms with Gasteiger partial charge in [0.25, 0.3) is 5.91 Å². The molecule has 4 bridgehead atoms. The van der Waals surface area contributed by atoms with Crippen molar-refractivity contribution in [2.75, 3.05) is 39.6 Å². The van der Waals surface area contributed by atoms with Gasteiger partial charge in [-0.2, -0.15) is 0 Å². The SMILES string of the molecule is CN(C)c1cc(CNCC23CC4CC(CC(C4)C2)C3)c(O)c2c1C[C@H]1C[C@H]3[C@H](N(C)C)C(=O)C(C(N)=O)=C(O)[C@@]3(O)C(=O)C1=C2O. The highest BCUT2D eigenvalue weighted by molar-refractivity contribution is 6.24. The van der Waals surface area contributed by atoms with E-state index >= 15 is 0 Å². The molecule has 5 fully saturated rings. The number of ketones is 2. The second-order valence-electron chi connectivity index (χ2n) is 15.6. The average Bonchev–Trinajstić information content (AvgIpc) is 2.94. The smallest absolute Gasteiger partial charge is 0.255 e. The molecule has 7 N–H and O–H groups in total. The average molecular weight is 635 g/mol. The van der Waals surface area contributed by atoms with Crippen LogP contribution < -0.4 is 16.0 Å². The number of aromatic hydroxyl groups is 1. The number of nitrogens with one attached hydrogen (secondary N) is 1. The maximum atomic E-state index is 14.2. The third-order valence-corrected chi connectivity index (χ3v) is 12.2. The number of nitrogens with two attached hydrogens (primary N) is 1. The Morgan fingerprint density at radius 2 is 1.61 bits per heavy atom. The van der Waals surface area contributed by atoms with Crippen molar-refractivity contribution in [3.05, 3.63) is 39.7 Å². The molecular formula is C35H46N4O7. The van der Waals surface area contributed by atoms with Crippen molar-refractivity contribution >= 4 is 28.9 Å². The fourth-order valence-electron chi connectivity index (χ4n) is 10.8. The van der Waals surface area contributed by atoms with E-state index in [0.29, 0.717) is 23.1 Å². The third-order valence-electron chi connectivity index (χ3n) is 12.2. The maximum Gasteiger partial charge on any atom is 0.255 e. The van der Waals surface area contributed by atoms with E-state index < -0.39 is 58.0 Å². The van der Waals surface area contributed by atoms with E-state index in [4.69, 9.17) is 5.73 Å². The van der Waals surface area contributed by atoms with Crippen LogP contribution in [0.5, 0.6) is 5.75 Å². The van der Waals surface area contributed by atoms with Crippen LogP contribution in [0.15, 0.2) is 23.0 Å². The number of carbonyl (C=O) groups is 3. The Morgan fingerprint density at radius 1 is 1.00 bits per heavy atom. The number of hydrogen-bond donors (Lipinski definition) is 6. The predicted molar refractivity (Wildman–Crippen MR) is 171 cm³/mol. The second-order valence-corrected chi connectivity index (χ2v) is 15.6. The zero-order valence-electron chi connectivity index (χ0n) is 27.1. The molecule has 5 saturated carbocycles. The van der Waals surface area contributed by atoms with Crippen LogP contribution in [0.2, 0.25) is 0 Å². The van der Waals surface area contributed by atoms with Gasteiger partial charge in [0.15, 0.2) is 11.4 Å². The summed E-state index contributed by atoms with van der Waals surface area (Å²) in [6.07, 6.45) is 8.18. The predicted octanol–water partition coefficient (Wildman–Crippen LogP) is 2.34. The molecule has 0 spiro atoms. The van der Waals surface area contributed by atoms with Crippen molar-refractivity contribution in [2.45, 2.75) is 69.6 Å². The summed E-state index contributed by atoms with van der Waals surface area (Å²) in [6, 6.07) is 0.821. The van der Waals surface area contributed by atoms with Gasteiger partial charge < -0.3 is 36.4 Å². The number of fused-ring (bicyclic) bond motifs is 3. The lowest BCUT2D eigenvalue weighted by Crippen LogP contribution is -2.65. The topological polar surface area (TPSA) is 177 Å². The van der Waals surface area contributed by atoms with Crippen LogP contribution in [0, 0.1) is 35.0 Å². The van der Waals surface area contributed by atoms with E-state index in [2.05, 4.69) is 5.32 Å². The number of likely N-dealkylation sites (N-methyl/N-ethyl adjacent to an activating group) is 1. The number of primary amides is 1. The largest absolute Gasteiger partial charge is 0.508 e. The van der Waals surface area contributed by atoms with Crippen molar-refractivity contribution in [3.8, 4) is 5.75 Å². The number of benzene rings is 1. The molecule has 7 aliphatic rings.